The predicted octanol–water partition coefficient (Wildman–Crippen LogP) is 1.73. The molecule has 3 rings (SSSR count). The van der Waals surface area contributed by atoms with Crippen LogP contribution in [0.15, 0.2) is 30.3 Å². The summed E-state index contributed by atoms with van der Waals surface area (Å²) in [6.07, 6.45) is 7.52. The van der Waals surface area contributed by atoms with E-state index in [1.165, 1.54) is 18.9 Å². The lowest BCUT2D eigenvalue weighted by atomic mass is 10.2. The van der Waals surface area contributed by atoms with Gasteiger partial charge in [-0.05, 0) is 49.5 Å². The van der Waals surface area contributed by atoms with Gasteiger partial charge in [0.05, 0.1) is 19.3 Å². The van der Waals surface area contributed by atoms with E-state index in [-0.39, 0.29) is 12.5 Å². The standard InChI is InChI=1S/C19H24N2O4/c20-19(23)17-13-21(10-11-24-17)18(22)9-8-14-4-3-7-16(12-14)25-15-5-1-2-6-15/h3-4,7-9,12,15,17H,1-2,5-6,10-11,13H2,(H2,20,23)/b9-8+. The molecule has 1 aromatic carbocycles. The van der Waals surface area contributed by atoms with Crippen molar-refractivity contribution in [3.05, 3.63) is 35.9 Å². The van der Waals surface area contributed by atoms with Crippen LogP contribution in [-0.2, 0) is 14.3 Å². The minimum absolute atomic E-state index is 0.156. The highest BCUT2D eigenvalue weighted by molar-refractivity contribution is 5.92. The number of nitrogens with two attached hydrogens (primary N) is 1. The first-order valence-electron chi connectivity index (χ1n) is 8.76. The summed E-state index contributed by atoms with van der Waals surface area (Å²) in [4.78, 5) is 25.1. The molecule has 2 aliphatic rings. The van der Waals surface area contributed by atoms with Crippen LogP contribution in [0.2, 0.25) is 0 Å². The molecule has 1 saturated carbocycles. The number of hydrogen-bond acceptors (Lipinski definition) is 4. The molecule has 0 bridgehead atoms. The highest BCUT2D eigenvalue weighted by atomic mass is 16.5. The quantitative estimate of drug-likeness (QED) is 0.825. The van der Waals surface area contributed by atoms with Gasteiger partial charge in [0.2, 0.25) is 11.8 Å². The first kappa shape index (κ1) is 17.5. The molecule has 1 aliphatic carbocycles. The molecule has 6 heteroatoms. The molecule has 1 heterocycles. The van der Waals surface area contributed by atoms with Crippen LogP contribution in [0.3, 0.4) is 0 Å². The van der Waals surface area contributed by atoms with E-state index in [0.29, 0.717) is 19.3 Å². The highest BCUT2D eigenvalue weighted by Gasteiger charge is 2.26. The lowest BCUT2D eigenvalue weighted by Gasteiger charge is -2.30. The van der Waals surface area contributed by atoms with Crippen LogP contribution in [0, 0.1) is 0 Å². The Labute approximate surface area is 147 Å². The fourth-order valence-electron chi connectivity index (χ4n) is 3.18. The molecular formula is C19H24N2O4. The second kappa shape index (κ2) is 8.16. The fraction of sp³-hybridized carbons (Fsp3) is 0.474. The summed E-state index contributed by atoms with van der Waals surface area (Å²) in [7, 11) is 0. The largest absolute Gasteiger partial charge is 0.490 e. The molecule has 1 aromatic rings. The van der Waals surface area contributed by atoms with Crippen LogP contribution >= 0.6 is 0 Å². The van der Waals surface area contributed by atoms with Gasteiger partial charge < -0.3 is 20.1 Å². The van der Waals surface area contributed by atoms with Gasteiger partial charge in [0.1, 0.15) is 5.75 Å². The Bertz CT molecular complexity index is 653. The number of morpholine rings is 1. The summed E-state index contributed by atoms with van der Waals surface area (Å²) >= 11 is 0. The summed E-state index contributed by atoms with van der Waals surface area (Å²) in [5.41, 5.74) is 6.15. The molecule has 1 saturated heterocycles. The minimum Gasteiger partial charge on any atom is -0.490 e. The summed E-state index contributed by atoms with van der Waals surface area (Å²) in [6.45, 7) is 0.971. The van der Waals surface area contributed by atoms with Gasteiger partial charge in [-0.3, -0.25) is 9.59 Å². The van der Waals surface area contributed by atoms with E-state index in [4.69, 9.17) is 15.2 Å². The molecule has 25 heavy (non-hydrogen) atoms. The molecule has 0 aromatic heterocycles. The van der Waals surface area contributed by atoms with Crippen molar-refractivity contribution < 1.29 is 19.1 Å². The van der Waals surface area contributed by atoms with E-state index in [0.717, 1.165) is 24.2 Å². The van der Waals surface area contributed by atoms with Gasteiger partial charge in [0.25, 0.3) is 0 Å². The number of benzene rings is 1. The maximum Gasteiger partial charge on any atom is 0.248 e. The average Bonchev–Trinajstić information content (AvgIpc) is 3.13. The number of primary amides is 1. The second-order valence-corrected chi connectivity index (χ2v) is 6.48. The Balaban J connectivity index is 1.59. The molecule has 2 N–H and O–H groups in total. The number of carbonyl (C=O) groups is 2. The second-order valence-electron chi connectivity index (χ2n) is 6.48. The van der Waals surface area contributed by atoms with Crippen molar-refractivity contribution in [1.82, 2.24) is 4.90 Å². The Morgan fingerprint density at radius 1 is 1.28 bits per heavy atom. The topological polar surface area (TPSA) is 81.9 Å². The monoisotopic (exact) mass is 344 g/mol. The van der Waals surface area contributed by atoms with Crippen molar-refractivity contribution in [3.8, 4) is 5.75 Å². The Morgan fingerprint density at radius 3 is 2.84 bits per heavy atom. The van der Waals surface area contributed by atoms with Gasteiger partial charge in [-0.25, -0.2) is 0 Å². The molecule has 134 valence electrons. The van der Waals surface area contributed by atoms with Crippen LogP contribution in [-0.4, -0.2) is 48.6 Å². The summed E-state index contributed by atoms with van der Waals surface area (Å²) in [5, 5.41) is 0. The lowest BCUT2D eigenvalue weighted by Crippen LogP contribution is -2.50. The Kier molecular flexibility index (Phi) is 5.71. The molecule has 2 fully saturated rings. The van der Waals surface area contributed by atoms with Crippen molar-refractivity contribution in [2.45, 2.75) is 37.9 Å². The maximum atomic E-state index is 12.3. The van der Waals surface area contributed by atoms with Gasteiger partial charge in [-0.2, -0.15) is 0 Å². The van der Waals surface area contributed by atoms with Crippen molar-refractivity contribution in [1.29, 1.82) is 0 Å². The van der Waals surface area contributed by atoms with E-state index < -0.39 is 12.0 Å². The smallest absolute Gasteiger partial charge is 0.248 e. The zero-order valence-corrected chi connectivity index (χ0v) is 14.2. The van der Waals surface area contributed by atoms with E-state index in [2.05, 4.69) is 0 Å². The zero-order valence-electron chi connectivity index (χ0n) is 14.2. The van der Waals surface area contributed by atoms with E-state index in [1.807, 2.05) is 24.3 Å². The first-order valence-corrected chi connectivity index (χ1v) is 8.76. The van der Waals surface area contributed by atoms with Gasteiger partial charge in [0.15, 0.2) is 6.10 Å². The molecule has 0 radical (unpaired) electrons. The zero-order chi connectivity index (χ0) is 17.6. The van der Waals surface area contributed by atoms with Crippen molar-refractivity contribution >= 4 is 17.9 Å². The van der Waals surface area contributed by atoms with E-state index in [9.17, 15) is 9.59 Å². The van der Waals surface area contributed by atoms with Crippen molar-refractivity contribution in [2.24, 2.45) is 5.73 Å². The van der Waals surface area contributed by atoms with Crippen LogP contribution in [0.25, 0.3) is 6.08 Å². The van der Waals surface area contributed by atoms with Crippen LogP contribution in [0.4, 0.5) is 0 Å². The number of ether oxygens (including phenoxy) is 2. The summed E-state index contributed by atoms with van der Waals surface area (Å²) in [5.74, 6) is 0.136. The number of rotatable bonds is 5. The van der Waals surface area contributed by atoms with Crippen molar-refractivity contribution in [3.63, 3.8) is 0 Å². The highest BCUT2D eigenvalue weighted by Crippen LogP contribution is 2.24. The lowest BCUT2D eigenvalue weighted by molar-refractivity contribution is -0.142. The Morgan fingerprint density at radius 2 is 2.08 bits per heavy atom. The first-order chi connectivity index (χ1) is 12.1. The predicted molar refractivity (Wildman–Crippen MR) is 93.9 cm³/mol. The van der Waals surface area contributed by atoms with E-state index >= 15 is 0 Å². The van der Waals surface area contributed by atoms with Gasteiger partial charge in [0, 0.05) is 12.6 Å². The molecule has 6 nitrogen and oxygen atoms in total. The summed E-state index contributed by atoms with van der Waals surface area (Å²) < 4.78 is 11.2. The van der Waals surface area contributed by atoms with Crippen molar-refractivity contribution in [2.75, 3.05) is 19.7 Å². The van der Waals surface area contributed by atoms with Gasteiger partial charge in [-0.1, -0.05) is 12.1 Å². The number of nitrogens with zero attached hydrogens (tertiary/aromatic N) is 1. The number of carbonyl (C=O) groups excluding carboxylic acids is 2. The fourth-order valence-corrected chi connectivity index (χ4v) is 3.18. The van der Waals surface area contributed by atoms with Crippen LogP contribution < -0.4 is 10.5 Å². The molecule has 2 amide bonds. The van der Waals surface area contributed by atoms with E-state index in [1.54, 1.807) is 11.0 Å². The minimum atomic E-state index is -0.728. The molecule has 1 atom stereocenters. The van der Waals surface area contributed by atoms with Crippen LogP contribution in [0.5, 0.6) is 5.75 Å². The molecular weight excluding hydrogens is 320 g/mol. The third-order valence-electron chi connectivity index (χ3n) is 4.58. The van der Waals surface area contributed by atoms with Gasteiger partial charge >= 0.3 is 0 Å². The molecule has 1 aliphatic heterocycles. The third-order valence-corrected chi connectivity index (χ3v) is 4.58. The average molecular weight is 344 g/mol. The number of amides is 2. The Hall–Kier alpha value is -2.34. The molecule has 1 unspecified atom stereocenters. The summed E-state index contributed by atoms with van der Waals surface area (Å²) in [6, 6.07) is 7.73. The molecule has 0 spiro atoms. The van der Waals surface area contributed by atoms with Gasteiger partial charge in [-0.15, -0.1) is 0 Å². The SMILES string of the molecule is NC(=O)C1CN(C(=O)/C=C/c2cccc(OC3CCCC3)c2)CCO1. The normalized spacial score (nSPS) is 21.6. The third kappa shape index (κ3) is 4.82. The number of hydrogen-bond donors (Lipinski definition) is 1. The van der Waals surface area contributed by atoms with Crippen LogP contribution in [0.1, 0.15) is 31.2 Å². The maximum absolute atomic E-state index is 12.3.